The molecule has 1 aromatic rings. The van der Waals surface area contributed by atoms with Gasteiger partial charge >= 0.3 is 0 Å². The van der Waals surface area contributed by atoms with Crippen LogP contribution in [0.2, 0.25) is 0 Å². The second-order valence-corrected chi connectivity index (χ2v) is 4.67. The van der Waals surface area contributed by atoms with Gasteiger partial charge < -0.3 is 10.3 Å². The number of hydrogen-bond acceptors (Lipinski definition) is 3. The van der Waals surface area contributed by atoms with Gasteiger partial charge in [0.25, 0.3) is 5.56 Å². The molecule has 0 aromatic carbocycles. The molecule has 0 aliphatic heterocycles. The van der Waals surface area contributed by atoms with Gasteiger partial charge in [0.1, 0.15) is 10.3 Å². The highest BCUT2D eigenvalue weighted by Crippen LogP contribution is 2.22. The average Bonchev–Trinajstić information content (AvgIpc) is 2.26. The number of nitrogens with one attached hydrogen (secondary N) is 2. The molecule has 82 valence electrons. The second-order valence-electron chi connectivity index (χ2n) is 3.87. The van der Waals surface area contributed by atoms with Crippen LogP contribution in [-0.4, -0.2) is 16.0 Å². The van der Waals surface area contributed by atoms with Crippen molar-refractivity contribution in [2.75, 3.05) is 5.32 Å². The summed E-state index contributed by atoms with van der Waals surface area (Å²) < 4.78 is 0.496. The van der Waals surface area contributed by atoms with Crippen molar-refractivity contribution in [2.45, 2.75) is 38.1 Å². The van der Waals surface area contributed by atoms with E-state index in [-0.39, 0.29) is 5.56 Å². The maximum Gasteiger partial charge on any atom is 0.267 e. The third kappa shape index (κ3) is 2.59. The highest BCUT2D eigenvalue weighted by Gasteiger charge is 2.15. The van der Waals surface area contributed by atoms with Crippen LogP contribution < -0.4 is 10.9 Å². The molecule has 1 aromatic heterocycles. The molecule has 1 aliphatic rings. The Balaban J connectivity index is 2.09. The lowest BCUT2D eigenvalue weighted by atomic mass is 9.95. The third-order valence-corrected chi connectivity index (χ3v) is 3.48. The van der Waals surface area contributed by atoms with Crippen LogP contribution in [-0.2, 0) is 0 Å². The summed E-state index contributed by atoms with van der Waals surface area (Å²) in [5, 5.41) is 3.31. The van der Waals surface area contributed by atoms with Crippen LogP contribution in [0.1, 0.15) is 32.1 Å². The highest BCUT2D eigenvalue weighted by atomic mass is 79.9. The molecule has 1 saturated carbocycles. The highest BCUT2D eigenvalue weighted by molar-refractivity contribution is 9.10. The van der Waals surface area contributed by atoms with E-state index in [2.05, 4.69) is 31.2 Å². The summed E-state index contributed by atoms with van der Waals surface area (Å²) in [6.07, 6.45) is 7.61. The Bertz CT molecular complexity index is 384. The van der Waals surface area contributed by atoms with Crippen LogP contribution in [0.3, 0.4) is 0 Å². The average molecular weight is 272 g/mol. The Morgan fingerprint density at radius 1 is 1.40 bits per heavy atom. The van der Waals surface area contributed by atoms with Crippen molar-refractivity contribution in [1.82, 2.24) is 9.97 Å². The van der Waals surface area contributed by atoms with Crippen LogP contribution >= 0.6 is 15.9 Å². The number of rotatable bonds is 2. The van der Waals surface area contributed by atoms with Gasteiger partial charge in [-0.1, -0.05) is 19.3 Å². The Morgan fingerprint density at radius 2 is 2.13 bits per heavy atom. The smallest absolute Gasteiger partial charge is 0.267 e. The molecule has 0 bridgehead atoms. The van der Waals surface area contributed by atoms with Crippen LogP contribution in [0.25, 0.3) is 0 Å². The lowest BCUT2D eigenvalue weighted by molar-refractivity contribution is 0.461. The zero-order valence-corrected chi connectivity index (χ0v) is 10.0. The van der Waals surface area contributed by atoms with Crippen molar-refractivity contribution in [2.24, 2.45) is 0 Å². The molecule has 15 heavy (non-hydrogen) atoms. The summed E-state index contributed by atoms with van der Waals surface area (Å²) in [5.74, 6) is 0.658. The van der Waals surface area contributed by atoms with Crippen LogP contribution in [0.4, 0.5) is 5.82 Å². The summed E-state index contributed by atoms with van der Waals surface area (Å²) >= 11 is 3.24. The number of H-pyrrole nitrogens is 1. The molecule has 2 rings (SSSR count). The monoisotopic (exact) mass is 271 g/mol. The predicted octanol–water partition coefficient (Wildman–Crippen LogP) is 2.28. The molecule has 1 fully saturated rings. The molecule has 0 amide bonds. The third-order valence-electron chi connectivity index (χ3n) is 2.74. The Hall–Kier alpha value is -0.840. The first-order valence-corrected chi connectivity index (χ1v) is 6.06. The van der Waals surface area contributed by atoms with E-state index in [0.29, 0.717) is 16.3 Å². The standard InChI is InChI=1S/C10H14BrN3O/c11-8-9(12-6-13-10(8)15)14-7-4-2-1-3-5-7/h6-7H,1-5H2,(H2,12,13,14,15). The van der Waals surface area contributed by atoms with Crippen molar-refractivity contribution >= 4 is 21.7 Å². The lowest BCUT2D eigenvalue weighted by Crippen LogP contribution is -2.24. The van der Waals surface area contributed by atoms with Gasteiger partial charge in [-0.25, -0.2) is 4.98 Å². The minimum atomic E-state index is -0.136. The molecular weight excluding hydrogens is 258 g/mol. The SMILES string of the molecule is O=c1[nH]cnc(NC2CCCCC2)c1Br. The Morgan fingerprint density at radius 3 is 2.87 bits per heavy atom. The minimum absolute atomic E-state index is 0.136. The first-order valence-electron chi connectivity index (χ1n) is 5.27. The molecule has 0 unspecified atom stereocenters. The quantitative estimate of drug-likeness (QED) is 0.868. The van der Waals surface area contributed by atoms with E-state index < -0.39 is 0 Å². The molecule has 2 N–H and O–H groups in total. The van der Waals surface area contributed by atoms with Crippen molar-refractivity contribution in [3.05, 3.63) is 21.2 Å². The van der Waals surface area contributed by atoms with Crippen LogP contribution in [0.5, 0.6) is 0 Å². The largest absolute Gasteiger partial charge is 0.366 e. The van der Waals surface area contributed by atoms with E-state index in [0.717, 1.165) is 0 Å². The summed E-state index contributed by atoms with van der Waals surface area (Å²) in [7, 11) is 0. The molecule has 0 spiro atoms. The number of anilines is 1. The van der Waals surface area contributed by atoms with Gasteiger partial charge in [0.15, 0.2) is 0 Å². The van der Waals surface area contributed by atoms with E-state index >= 15 is 0 Å². The number of aromatic amines is 1. The fraction of sp³-hybridized carbons (Fsp3) is 0.600. The zero-order chi connectivity index (χ0) is 10.7. The predicted molar refractivity (Wildman–Crippen MR) is 63.1 cm³/mol. The molecule has 5 heteroatoms. The summed E-state index contributed by atoms with van der Waals surface area (Å²) in [6, 6.07) is 0.462. The van der Waals surface area contributed by atoms with Crippen molar-refractivity contribution in [3.8, 4) is 0 Å². The Kier molecular flexibility index (Phi) is 3.41. The van der Waals surface area contributed by atoms with Gasteiger partial charge in [0.2, 0.25) is 0 Å². The van der Waals surface area contributed by atoms with E-state index in [1.54, 1.807) is 0 Å². The topological polar surface area (TPSA) is 57.8 Å². The van der Waals surface area contributed by atoms with E-state index in [1.807, 2.05) is 0 Å². The van der Waals surface area contributed by atoms with Gasteiger partial charge in [-0.3, -0.25) is 4.79 Å². The molecule has 4 nitrogen and oxygen atoms in total. The first-order chi connectivity index (χ1) is 7.27. The molecule has 1 heterocycles. The number of halogens is 1. The molecule has 0 saturated heterocycles. The van der Waals surface area contributed by atoms with E-state index in [4.69, 9.17) is 0 Å². The van der Waals surface area contributed by atoms with E-state index in [9.17, 15) is 4.79 Å². The van der Waals surface area contributed by atoms with Crippen LogP contribution in [0, 0.1) is 0 Å². The van der Waals surface area contributed by atoms with Gasteiger partial charge in [-0.05, 0) is 28.8 Å². The summed E-state index contributed by atoms with van der Waals surface area (Å²) in [5.41, 5.74) is -0.136. The molecule has 0 radical (unpaired) electrons. The normalized spacial score (nSPS) is 17.7. The fourth-order valence-corrected chi connectivity index (χ4v) is 2.26. The zero-order valence-electron chi connectivity index (χ0n) is 8.42. The van der Waals surface area contributed by atoms with Gasteiger partial charge in [0, 0.05) is 6.04 Å². The van der Waals surface area contributed by atoms with E-state index in [1.165, 1.54) is 38.4 Å². The summed E-state index contributed by atoms with van der Waals surface area (Å²) in [6.45, 7) is 0. The minimum Gasteiger partial charge on any atom is -0.366 e. The second kappa shape index (κ2) is 4.79. The van der Waals surface area contributed by atoms with Gasteiger partial charge in [0.05, 0.1) is 6.33 Å². The fourth-order valence-electron chi connectivity index (χ4n) is 1.92. The first kappa shape index (κ1) is 10.7. The van der Waals surface area contributed by atoms with Crippen molar-refractivity contribution in [1.29, 1.82) is 0 Å². The molecular formula is C10H14BrN3O. The maximum absolute atomic E-state index is 11.3. The lowest BCUT2D eigenvalue weighted by Gasteiger charge is -2.23. The number of hydrogen-bond donors (Lipinski definition) is 2. The molecule has 1 aliphatic carbocycles. The van der Waals surface area contributed by atoms with Crippen LogP contribution in [0.15, 0.2) is 15.6 Å². The molecule has 0 atom stereocenters. The summed E-state index contributed by atoms with van der Waals surface area (Å²) in [4.78, 5) is 17.9. The van der Waals surface area contributed by atoms with Crippen molar-refractivity contribution < 1.29 is 0 Å². The van der Waals surface area contributed by atoms with Crippen molar-refractivity contribution in [3.63, 3.8) is 0 Å². The maximum atomic E-state index is 11.3. The Labute approximate surface area is 96.6 Å². The van der Waals surface area contributed by atoms with Gasteiger partial charge in [-0.2, -0.15) is 0 Å². The number of nitrogens with zero attached hydrogens (tertiary/aromatic N) is 1. The number of aromatic nitrogens is 2. The van der Waals surface area contributed by atoms with Gasteiger partial charge in [-0.15, -0.1) is 0 Å².